The number of aliphatic hydroxyl groups is 1. The van der Waals surface area contributed by atoms with E-state index in [1.54, 1.807) is 25.0 Å². The number of aryl methyl sites for hydroxylation is 2. The van der Waals surface area contributed by atoms with Gasteiger partial charge in [0, 0.05) is 25.9 Å². The van der Waals surface area contributed by atoms with Crippen LogP contribution in [0.4, 0.5) is 0 Å². The van der Waals surface area contributed by atoms with Crippen LogP contribution in [0.5, 0.6) is 0 Å². The lowest BCUT2D eigenvalue weighted by molar-refractivity contribution is 0.211. The highest BCUT2D eigenvalue weighted by atomic mass is 79.9. The second-order valence-electron chi connectivity index (χ2n) is 3.64. The third kappa shape index (κ3) is 3.17. The minimum Gasteiger partial charge on any atom is -0.394 e. The average Bonchev–Trinajstić information content (AvgIpc) is 2.66. The fourth-order valence-electron chi connectivity index (χ4n) is 1.55. The molecule has 0 aliphatic heterocycles. The molecule has 0 saturated heterocycles. The highest BCUT2D eigenvalue weighted by Gasteiger charge is 2.20. The summed E-state index contributed by atoms with van der Waals surface area (Å²) in [5, 5.41) is 24.9. The van der Waals surface area contributed by atoms with Crippen LogP contribution in [0.2, 0.25) is 0 Å². The van der Waals surface area contributed by atoms with Crippen LogP contribution in [0.25, 0.3) is 0 Å². The molecule has 5 nitrogen and oxygen atoms in total. The van der Waals surface area contributed by atoms with E-state index in [-0.39, 0.29) is 4.62 Å². The zero-order chi connectivity index (χ0) is 13.0. The molecule has 1 rings (SSSR count). The maximum atomic E-state index is 10.2. The van der Waals surface area contributed by atoms with Crippen molar-refractivity contribution in [3.05, 3.63) is 29.2 Å². The van der Waals surface area contributed by atoms with Crippen molar-refractivity contribution in [2.24, 2.45) is 7.05 Å². The lowest BCUT2D eigenvalue weighted by Crippen LogP contribution is -2.13. The molecule has 1 heterocycles. The SMILES string of the molecule is CCc1cc(C(O)/C(=C/NC)C(=N)Br)n(C)n1. The fourth-order valence-corrected chi connectivity index (χ4v) is 1.88. The van der Waals surface area contributed by atoms with Gasteiger partial charge in [-0.2, -0.15) is 5.10 Å². The van der Waals surface area contributed by atoms with Crippen molar-refractivity contribution in [2.75, 3.05) is 7.05 Å². The van der Waals surface area contributed by atoms with E-state index < -0.39 is 6.10 Å². The Bertz CT molecular complexity index is 439. The molecule has 0 saturated carbocycles. The molecule has 0 fully saturated rings. The quantitative estimate of drug-likeness (QED) is 0.721. The Morgan fingerprint density at radius 3 is 2.82 bits per heavy atom. The molecule has 0 spiro atoms. The summed E-state index contributed by atoms with van der Waals surface area (Å²) >= 11 is 3.07. The highest BCUT2D eigenvalue weighted by Crippen LogP contribution is 2.24. The Balaban J connectivity index is 3.09. The van der Waals surface area contributed by atoms with E-state index in [1.807, 2.05) is 13.0 Å². The Labute approximate surface area is 109 Å². The van der Waals surface area contributed by atoms with Crippen LogP contribution in [-0.2, 0) is 13.5 Å². The number of nitrogens with one attached hydrogen (secondary N) is 2. The van der Waals surface area contributed by atoms with Gasteiger partial charge in [0.1, 0.15) is 10.7 Å². The van der Waals surface area contributed by atoms with Crippen LogP contribution in [0.15, 0.2) is 17.8 Å². The summed E-state index contributed by atoms with van der Waals surface area (Å²) in [6, 6.07) is 1.85. The highest BCUT2D eigenvalue weighted by molar-refractivity contribution is 9.18. The summed E-state index contributed by atoms with van der Waals surface area (Å²) in [5.74, 6) is 0. The molecule has 3 N–H and O–H groups in total. The lowest BCUT2D eigenvalue weighted by atomic mass is 10.1. The van der Waals surface area contributed by atoms with Crippen LogP contribution in [0.1, 0.15) is 24.4 Å². The van der Waals surface area contributed by atoms with E-state index in [9.17, 15) is 5.11 Å². The number of hydrogen-bond donors (Lipinski definition) is 3. The van der Waals surface area contributed by atoms with Crippen molar-refractivity contribution < 1.29 is 5.11 Å². The molecule has 0 radical (unpaired) electrons. The van der Waals surface area contributed by atoms with Gasteiger partial charge >= 0.3 is 0 Å². The summed E-state index contributed by atoms with van der Waals surface area (Å²) in [7, 11) is 3.51. The number of nitrogens with zero attached hydrogens (tertiary/aromatic N) is 2. The van der Waals surface area contributed by atoms with E-state index in [1.165, 1.54) is 0 Å². The first kappa shape index (κ1) is 13.9. The summed E-state index contributed by atoms with van der Waals surface area (Å²) in [5.41, 5.74) is 2.07. The van der Waals surface area contributed by atoms with E-state index in [4.69, 9.17) is 5.41 Å². The number of halogens is 1. The zero-order valence-corrected chi connectivity index (χ0v) is 11.7. The van der Waals surface area contributed by atoms with Crippen LogP contribution in [0, 0.1) is 5.41 Å². The number of aliphatic hydroxyl groups excluding tert-OH is 1. The van der Waals surface area contributed by atoms with Crippen molar-refractivity contribution in [3.63, 3.8) is 0 Å². The third-order valence-electron chi connectivity index (χ3n) is 2.46. The molecule has 0 amide bonds. The molecule has 17 heavy (non-hydrogen) atoms. The van der Waals surface area contributed by atoms with Gasteiger partial charge in [0.25, 0.3) is 0 Å². The molecular weight excluding hydrogens is 284 g/mol. The standard InChI is InChI=1S/C11H17BrN4O/c1-4-7-5-9(16(3)15-7)10(17)8(6-14-2)11(12)13/h5-6,10,13-14,17H,4H2,1-3H3/b8-6-,13-11?. The van der Waals surface area contributed by atoms with E-state index >= 15 is 0 Å². The molecule has 1 unspecified atom stereocenters. The normalized spacial score (nSPS) is 13.6. The Morgan fingerprint density at radius 2 is 2.41 bits per heavy atom. The summed E-state index contributed by atoms with van der Waals surface area (Å²) in [6.45, 7) is 2.01. The lowest BCUT2D eigenvalue weighted by Gasteiger charge is -2.13. The summed E-state index contributed by atoms with van der Waals surface area (Å²) in [4.78, 5) is 0. The minimum atomic E-state index is -0.868. The monoisotopic (exact) mass is 300 g/mol. The van der Waals surface area contributed by atoms with Gasteiger partial charge in [0.2, 0.25) is 0 Å². The summed E-state index contributed by atoms with van der Waals surface area (Å²) < 4.78 is 1.79. The van der Waals surface area contributed by atoms with Gasteiger partial charge in [0.05, 0.1) is 11.4 Å². The number of rotatable bonds is 5. The first-order valence-corrected chi connectivity index (χ1v) is 6.13. The smallest absolute Gasteiger partial charge is 0.125 e. The van der Waals surface area contributed by atoms with Crippen LogP contribution in [-0.4, -0.2) is 26.6 Å². The van der Waals surface area contributed by atoms with Gasteiger partial charge in [-0.25, -0.2) is 0 Å². The Kier molecular flexibility index (Phi) is 4.89. The topological polar surface area (TPSA) is 73.9 Å². The van der Waals surface area contributed by atoms with E-state index in [2.05, 4.69) is 26.3 Å². The number of aromatic nitrogens is 2. The van der Waals surface area contributed by atoms with Gasteiger partial charge in [-0.1, -0.05) is 6.92 Å². The molecule has 6 heteroatoms. The molecule has 0 bridgehead atoms. The summed E-state index contributed by atoms with van der Waals surface area (Å²) in [6.07, 6.45) is 1.55. The Hall–Kier alpha value is -1.14. The molecule has 1 aromatic heterocycles. The van der Waals surface area contributed by atoms with Crippen molar-refractivity contribution >= 4 is 20.6 Å². The van der Waals surface area contributed by atoms with Crippen LogP contribution < -0.4 is 5.32 Å². The first-order chi connectivity index (χ1) is 8.01. The van der Waals surface area contributed by atoms with Crippen LogP contribution >= 0.6 is 15.9 Å². The molecule has 0 aliphatic carbocycles. The Morgan fingerprint density at radius 1 is 1.76 bits per heavy atom. The third-order valence-corrected chi connectivity index (χ3v) is 2.91. The van der Waals surface area contributed by atoms with E-state index in [0.717, 1.165) is 12.1 Å². The zero-order valence-electron chi connectivity index (χ0n) is 10.2. The molecule has 1 aromatic rings. The molecule has 1 atom stereocenters. The van der Waals surface area contributed by atoms with Crippen LogP contribution in [0.3, 0.4) is 0 Å². The molecule has 0 aliphatic rings. The van der Waals surface area contributed by atoms with Crippen molar-refractivity contribution in [2.45, 2.75) is 19.4 Å². The second kappa shape index (κ2) is 5.97. The van der Waals surface area contributed by atoms with Crippen molar-refractivity contribution in [3.8, 4) is 0 Å². The maximum absolute atomic E-state index is 10.2. The minimum absolute atomic E-state index is 0.151. The van der Waals surface area contributed by atoms with Gasteiger partial charge < -0.3 is 10.4 Å². The van der Waals surface area contributed by atoms with E-state index in [0.29, 0.717) is 11.3 Å². The van der Waals surface area contributed by atoms with Crippen molar-refractivity contribution in [1.29, 1.82) is 5.41 Å². The predicted molar refractivity (Wildman–Crippen MR) is 71.3 cm³/mol. The second-order valence-corrected chi connectivity index (χ2v) is 4.44. The molecular formula is C11H17BrN4O. The molecule has 94 valence electrons. The average molecular weight is 301 g/mol. The van der Waals surface area contributed by atoms with Crippen molar-refractivity contribution in [1.82, 2.24) is 15.1 Å². The predicted octanol–water partition coefficient (Wildman–Crippen LogP) is 1.49. The van der Waals surface area contributed by atoms with Gasteiger partial charge in [-0.15, -0.1) is 0 Å². The number of hydrogen-bond acceptors (Lipinski definition) is 4. The maximum Gasteiger partial charge on any atom is 0.125 e. The van der Waals surface area contributed by atoms with Gasteiger partial charge in [-0.05, 0) is 28.4 Å². The fraction of sp³-hybridized carbons (Fsp3) is 0.455. The molecule has 0 aromatic carbocycles. The van der Waals surface area contributed by atoms with Gasteiger partial charge in [-0.3, -0.25) is 10.1 Å². The van der Waals surface area contributed by atoms with Gasteiger partial charge in [0.15, 0.2) is 0 Å². The first-order valence-electron chi connectivity index (χ1n) is 5.33. The largest absolute Gasteiger partial charge is 0.394 e.